The second-order valence-corrected chi connectivity index (χ2v) is 9.94. The number of carbonyl (C=O) groups excluding carboxylic acids is 1. The van der Waals surface area contributed by atoms with Gasteiger partial charge in [-0.25, -0.2) is 4.68 Å². The SMILES string of the molecule is CC1(C(=O)CC#N)COC1.COc1ccc(-n2nc(C3(C)COC3)cc2N)cc1.Cc1ccc(NN)cc1. The van der Waals surface area contributed by atoms with Crippen molar-refractivity contribution in [2.24, 2.45) is 11.3 Å². The number of carbonyl (C=O) groups is 1. The Labute approximate surface area is 223 Å². The zero-order chi connectivity index (χ0) is 27.8. The quantitative estimate of drug-likeness (QED) is 0.327. The summed E-state index contributed by atoms with van der Waals surface area (Å²) >= 11 is 0. The van der Waals surface area contributed by atoms with E-state index in [2.05, 4.69) is 17.4 Å². The van der Waals surface area contributed by atoms with Crippen molar-refractivity contribution in [3.8, 4) is 17.5 Å². The number of methoxy groups -OCH3 is 1. The molecule has 5 N–H and O–H groups in total. The lowest BCUT2D eigenvalue weighted by Crippen LogP contribution is -2.46. The summed E-state index contributed by atoms with van der Waals surface area (Å²) in [5.41, 5.74) is 12.3. The number of aromatic nitrogens is 2. The molecule has 0 spiro atoms. The van der Waals surface area contributed by atoms with Crippen molar-refractivity contribution >= 4 is 17.3 Å². The maximum Gasteiger partial charge on any atom is 0.157 e. The second-order valence-electron chi connectivity index (χ2n) is 9.94. The highest BCUT2D eigenvalue weighted by Crippen LogP contribution is 2.32. The fourth-order valence-electron chi connectivity index (χ4n) is 3.68. The zero-order valence-corrected chi connectivity index (χ0v) is 22.4. The zero-order valence-electron chi connectivity index (χ0n) is 22.4. The number of ketones is 1. The minimum Gasteiger partial charge on any atom is -0.497 e. The number of hydrogen-bond acceptors (Lipinski definition) is 9. The minimum atomic E-state index is -0.351. The topological polar surface area (TPSA) is 150 Å². The first-order valence-corrected chi connectivity index (χ1v) is 12.2. The molecule has 3 aromatic rings. The summed E-state index contributed by atoms with van der Waals surface area (Å²) in [7, 11) is 1.65. The van der Waals surface area contributed by atoms with Crippen molar-refractivity contribution in [1.29, 1.82) is 5.26 Å². The largest absolute Gasteiger partial charge is 0.497 e. The van der Waals surface area contributed by atoms with Crippen LogP contribution in [0.15, 0.2) is 54.6 Å². The smallest absolute Gasteiger partial charge is 0.157 e. The third-order valence-corrected chi connectivity index (χ3v) is 6.49. The first kappa shape index (κ1) is 28.7. The van der Waals surface area contributed by atoms with Crippen LogP contribution < -0.4 is 21.7 Å². The van der Waals surface area contributed by atoms with E-state index in [0.717, 1.165) is 22.8 Å². The maximum absolute atomic E-state index is 11.0. The summed E-state index contributed by atoms with van der Waals surface area (Å²) in [6.07, 6.45) is 0.0137. The lowest BCUT2D eigenvalue weighted by molar-refractivity contribution is -0.154. The Hall–Kier alpha value is -3.91. The van der Waals surface area contributed by atoms with Crippen molar-refractivity contribution in [3.05, 3.63) is 65.9 Å². The van der Waals surface area contributed by atoms with Crippen molar-refractivity contribution < 1.29 is 19.0 Å². The molecule has 2 aliphatic rings. The molecule has 2 saturated heterocycles. The Morgan fingerprint density at radius 3 is 2.16 bits per heavy atom. The first-order chi connectivity index (χ1) is 18.1. The normalized spacial score (nSPS) is 16.1. The number of anilines is 2. The predicted molar refractivity (Wildman–Crippen MR) is 146 cm³/mol. The number of hydrazine groups is 1. The highest BCUT2D eigenvalue weighted by molar-refractivity contribution is 5.87. The van der Waals surface area contributed by atoms with Crippen LogP contribution in [0.1, 0.15) is 31.5 Å². The Balaban J connectivity index is 0.000000177. The van der Waals surface area contributed by atoms with Gasteiger partial charge in [-0.2, -0.15) is 10.4 Å². The van der Waals surface area contributed by atoms with Gasteiger partial charge in [-0.3, -0.25) is 10.6 Å². The van der Waals surface area contributed by atoms with Crippen molar-refractivity contribution in [1.82, 2.24) is 9.78 Å². The van der Waals surface area contributed by atoms with Crippen LogP contribution in [-0.4, -0.2) is 49.1 Å². The molecule has 0 unspecified atom stereocenters. The molecular formula is C28H36N6O4. The first-order valence-electron chi connectivity index (χ1n) is 12.2. The molecule has 0 aliphatic carbocycles. The number of nitrogens with zero attached hydrogens (tertiary/aromatic N) is 3. The molecule has 3 heterocycles. The number of nitrogens with two attached hydrogens (primary N) is 2. The molecule has 2 aliphatic heterocycles. The van der Waals surface area contributed by atoms with Crippen molar-refractivity contribution in [2.45, 2.75) is 32.6 Å². The van der Waals surface area contributed by atoms with Gasteiger partial charge in [-0.15, -0.1) is 0 Å². The van der Waals surface area contributed by atoms with Crippen LogP contribution in [0.25, 0.3) is 5.69 Å². The van der Waals surface area contributed by atoms with Gasteiger partial charge in [-0.05, 0) is 57.2 Å². The molecular weight excluding hydrogens is 484 g/mol. The summed E-state index contributed by atoms with van der Waals surface area (Å²) < 4.78 is 17.0. The van der Waals surface area contributed by atoms with E-state index in [9.17, 15) is 4.79 Å². The number of nitriles is 1. The third-order valence-electron chi connectivity index (χ3n) is 6.49. The van der Waals surface area contributed by atoms with Crippen molar-refractivity contribution in [2.75, 3.05) is 44.7 Å². The summed E-state index contributed by atoms with van der Waals surface area (Å²) in [4.78, 5) is 11.0. The fourth-order valence-corrected chi connectivity index (χ4v) is 3.68. The van der Waals surface area contributed by atoms with Crippen LogP contribution in [0.2, 0.25) is 0 Å². The van der Waals surface area contributed by atoms with Gasteiger partial charge in [-0.1, -0.05) is 17.7 Å². The molecule has 0 bridgehead atoms. The van der Waals surface area contributed by atoms with Gasteiger partial charge in [0.15, 0.2) is 5.78 Å². The van der Waals surface area contributed by atoms with Gasteiger partial charge in [0.25, 0.3) is 0 Å². The van der Waals surface area contributed by atoms with E-state index in [0.29, 0.717) is 32.2 Å². The monoisotopic (exact) mass is 520 g/mol. The molecule has 10 heteroatoms. The van der Waals surface area contributed by atoms with E-state index in [4.69, 9.17) is 31.0 Å². The van der Waals surface area contributed by atoms with E-state index >= 15 is 0 Å². The number of Topliss-reactive ketones (excluding diaryl/α,β-unsaturated/α-hetero) is 1. The van der Waals surface area contributed by atoms with E-state index in [1.165, 1.54) is 5.56 Å². The molecule has 5 rings (SSSR count). The van der Waals surface area contributed by atoms with Crippen LogP contribution >= 0.6 is 0 Å². The third kappa shape index (κ3) is 6.89. The molecule has 0 amide bonds. The van der Waals surface area contributed by atoms with E-state index < -0.39 is 0 Å². The number of rotatable bonds is 6. The molecule has 10 nitrogen and oxygen atoms in total. The standard InChI is InChI=1S/C14H17N3O2.C7H10N2.C7H9NO2/c1-14(8-19-9-14)12-7-13(15)17(16-12)10-3-5-11(18-2)6-4-10;1-6-2-4-7(9-8)5-3-6;1-7(4-10-5-7)6(9)2-3-8/h3-7H,8-9,15H2,1-2H3;2-5,9H,8H2,1H3;2,4-5H2,1H3. The molecule has 0 atom stereocenters. The van der Waals surface area contributed by atoms with Crippen LogP contribution in [-0.2, 0) is 19.7 Å². The number of hydrogen-bond donors (Lipinski definition) is 3. The van der Waals surface area contributed by atoms with Gasteiger partial charge in [0.2, 0.25) is 0 Å². The predicted octanol–water partition coefficient (Wildman–Crippen LogP) is 3.54. The van der Waals surface area contributed by atoms with Crippen molar-refractivity contribution in [3.63, 3.8) is 0 Å². The van der Waals surface area contributed by atoms with Crippen LogP contribution in [0.3, 0.4) is 0 Å². The van der Waals surface area contributed by atoms with Crippen LogP contribution in [0.4, 0.5) is 11.5 Å². The average molecular weight is 521 g/mol. The van der Waals surface area contributed by atoms with Gasteiger partial charge >= 0.3 is 0 Å². The number of nitrogens with one attached hydrogen (secondary N) is 1. The number of benzene rings is 2. The summed E-state index contributed by atoms with van der Waals surface area (Å²) in [5, 5.41) is 12.8. The molecule has 2 aromatic carbocycles. The van der Waals surface area contributed by atoms with Gasteiger partial charge in [0, 0.05) is 11.8 Å². The molecule has 1 aromatic heterocycles. The Kier molecular flexibility index (Phi) is 9.47. The van der Waals surface area contributed by atoms with E-state index in [1.54, 1.807) is 11.8 Å². The van der Waals surface area contributed by atoms with Crippen LogP contribution in [0, 0.1) is 23.7 Å². The van der Waals surface area contributed by atoms with Crippen LogP contribution in [0.5, 0.6) is 5.75 Å². The number of ether oxygens (including phenoxy) is 3. The highest BCUT2D eigenvalue weighted by atomic mass is 16.5. The summed E-state index contributed by atoms with van der Waals surface area (Å²) in [5.74, 6) is 6.60. The number of nitrogen functional groups attached to an aromatic ring is 2. The molecule has 0 radical (unpaired) electrons. The maximum atomic E-state index is 11.0. The Morgan fingerprint density at radius 1 is 1.11 bits per heavy atom. The minimum absolute atomic E-state index is 0.00116. The molecule has 202 valence electrons. The van der Waals surface area contributed by atoms with Gasteiger partial charge in [0.1, 0.15) is 11.6 Å². The average Bonchev–Trinajstić information content (AvgIpc) is 3.29. The summed E-state index contributed by atoms with van der Waals surface area (Å²) in [6.45, 7) is 8.37. The Bertz CT molecular complexity index is 1240. The second kappa shape index (κ2) is 12.6. The molecule has 0 saturated carbocycles. The summed E-state index contributed by atoms with van der Waals surface area (Å²) in [6, 6.07) is 19.3. The lowest BCUT2D eigenvalue weighted by Gasteiger charge is -2.36. The Morgan fingerprint density at radius 2 is 1.71 bits per heavy atom. The molecule has 38 heavy (non-hydrogen) atoms. The van der Waals surface area contributed by atoms with E-state index in [-0.39, 0.29) is 23.0 Å². The molecule has 2 fully saturated rings. The fraction of sp³-hybridized carbons (Fsp3) is 0.393. The number of aryl methyl sites for hydroxylation is 1. The lowest BCUT2D eigenvalue weighted by atomic mass is 9.83. The van der Waals surface area contributed by atoms with E-state index in [1.807, 2.05) is 74.5 Å². The van der Waals surface area contributed by atoms with Gasteiger partial charge < -0.3 is 25.4 Å². The van der Waals surface area contributed by atoms with Gasteiger partial charge in [0.05, 0.1) is 68.2 Å². The highest BCUT2D eigenvalue weighted by Gasteiger charge is 2.40.